The summed E-state index contributed by atoms with van der Waals surface area (Å²) in [6.45, 7) is 2.58. The number of hydrogen-bond acceptors (Lipinski definition) is 14. The molecule has 50 heavy (non-hydrogen) atoms. The Morgan fingerprint density at radius 3 is 2.08 bits per heavy atom. The van der Waals surface area contributed by atoms with Gasteiger partial charge in [0.15, 0.2) is 5.60 Å². The molecule has 0 radical (unpaired) electrons. The molecule has 0 bridgehead atoms. The van der Waals surface area contributed by atoms with Crippen molar-refractivity contribution >= 4 is 35.4 Å². The lowest BCUT2D eigenvalue weighted by Crippen LogP contribution is -2.33. The molecule has 0 amide bonds. The van der Waals surface area contributed by atoms with Gasteiger partial charge in [0.25, 0.3) is 0 Å². The van der Waals surface area contributed by atoms with E-state index in [4.69, 9.17) is 23.5 Å². The van der Waals surface area contributed by atoms with E-state index in [-0.39, 0.29) is 45.2 Å². The zero-order valence-corrected chi connectivity index (χ0v) is 28.8. The van der Waals surface area contributed by atoms with Gasteiger partial charge in [-0.05, 0) is 49.4 Å². The monoisotopic (exact) mass is 758 g/mol. The third kappa shape index (κ3) is 6.73. The van der Waals surface area contributed by atoms with Crippen LogP contribution in [0.1, 0.15) is 51.3 Å². The van der Waals surface area contributed by atoms with Gasteiger partial charge in [0.1, 0.15) is 29.1 Å². The fourth-order valence-electron chi connectivity index (χ4n) is 5.85. The lowest BCUT2D eigenvalue weighted by molar-refractivity contribution is -0.0167. The lowest BCUT2D eigenvalue weighted by Gasteiger charge is -2.36. The summed E-state index contributed by atoms with van der Waals surface area (Å²) in [7, 11) is -15.5. The molecule has 6 rings (SSSR count). The van der Waals surface area contributed by atoms with Crippen molar-refractivity contribution < 1.29 is 84.8 Å². The number of benzene rings is 3. The van der Waals surface area contributed by atoms with E-state index in [1.165, 1.54) is 37.4 Å². The number of phosphoric ester groups is 2. The molecular formula is C29H29O18P3. The molecule has 3 heterocycles. The van der Waals surface area contributed by atoms with E-state index in [1.807, 2.05) is 0 Å². The van der Waals surface area contributed by atoms with Crippen molar-refractivity contribution in [2.24, 2.45) is 5.92 Å². The normalized spacial score (nSPS) is 27.1. The number of phosphoric acid groups is 3. The number of esters is 1. The number of hydrogen-bond donors (Lipinski definition) is 5. The highest BCUT2D eigenvalue weighted by molar-refractivity contribution is 7.67. The SMILES string of the molecule is COc1ccc2c(c1)Oc1cc(OP(=O)(O)OP(=O)(O)OP(=O)(O)OC[C@H]3O[C@@H](C)[C@@H](C)C3O)ccc1C21OC(=O)c2ccc(C(=O)O)cc21. The standard InChI is InChI=1S/C29H29O18P3/c1-14-15(2)42-25(26(14)30)13-41-48(34,35)46-50(38,39)47-49(36,37)45-18-6-9-21-24(12-18)43-23-11-17(40-3)5-8-20(23)29(21)22-10-16(27(31)32)4-7-19(22)28(33)44-29/h4-12,14-15,25-26,30H,13H2,1-3H3,(H,31,32)(H,34,35)(H,36,37)(H,38,39)/t14-,15+,25-,26?,29?/m1/s1. The van der Waals surface area contributed by atoms with Crippen LogP contribution in [-0.4, -0.2) is 68.9 Å². The van der Waals surface area contributed by atoms with Gasteiger partial charge in [0.05, 0.1) is 37.1 Å². The Kier molecular flexibility index (Phi) is 9.30. The predicted octanol–water partition coefficient (Wildman–Crippen LogP) is 4.48. The van der Waals surface area contributed by atoms with Crippen molar-refractivity contribution in [1.29, 1.82) is 0 Å². The molecular weight excluding hydrogens is 729 g/mol. The number of aliphatic hydroxyl groups excluding tert-OH is 1. The first-order chi connectivity index (χ1) is 23.3. The molecule has 3 aliphatic heterocycles. The largest absolute Gasteiger partial charge is 0.536 e. The molecule has 268 valence electrons. The summed E-state index contributed by atoms with van der Waals surface area (Å²) in [5.74, 6) is -2.61. The summed E-state index contributed by atoms with van der Waals surface area (Å²) in [5.41, 5.74) is -1.26. The fraction of sp³-hybridized carbons (Fsp3) is 0.310. The number of aliphatic hydroxyl groups is 1. The van der Waals surface area contributed by atoms with Crippen molar-refractivity contribution in [3.63, 3.8) is 0 Å². The van der Waals surface area contributed by atoms with Gasteiger partial charge in [0.2, 0.25) is 0 Å². The molecule has 8 atom stereocenters. The van der Waals surface area contributed by atoms with E-state index >= 15 is 0 Å². The number of rotatable bonds is 11. The molecule has 3 aliphatic rings. The number of carboxylic acids is 1. The van der Waals surface area contributed by atoms with E-state index in [0.29, 0.717) is 5.75 Å². The lowest BCUT2D eigenvalue weighted by atomic mass is 9.77. The number of carbonyl (C=O) groups excluding carboxylic acids is 1. The van der Waals surface area contributed by atoms with E-state index in [0.717, 1.165) is 12.1 Å². The van der Waals surface area contributed by atoms with Gasteiger partial charge in [-0.2, -0.15) is 8.62 Å². The summed E-state index contributed by atoms with van der Waals surface area (Å²) in [5, 5.41) is 19.8. The average molecular weight is 758 g/mol. The highest BCUT2D eigenvalue weighted by Gasteiger charge is 2.54. The Labute approximate surface area is 282 Å². The quantitative estimate of drug-likeness (QED) is 0.133. The van der Waals surface area contributed by atoms with Crippen LogP contribution in [0.15, 0.2) is 54.6 Å². The number of carbonyl (C=O) groups is 2. The van der Waals surface area contributed by atoms with Crippen LogP contribution >= 0.6 is 23.5 Å². The highest BCUT2D eigenvalue weighted by Crippen LogP contribution is 2.68. The Morgan fingerprint density at radius 1 is 0.860 bits per heavy atom. The van der Waals surface area contributed by atoms with Gasteiger partial charge in [-0.3, -0.25) is 9.42 Å². The number of methoxy groups -OCH3 is 1. The molecule has 1 fully saturated rings. The molecule has 1 saturated heterocycles. The van der Waals surface area contributed by atoms with Gasteiger partial charge in [-0.15, -0.1) is 0 Å². The molecule has 5 N–H and O–H groups in total. The third-order valence-corrected chi connectivity index (χ3v) is 12.5. The number of fused-ring (bicyclic) bond motifs is 6. The maximum atomic E-state index is 13.1. The van der Waals surface area contributed by atoms with Crippen LogP contribution in [0.25, 0.3) is 0 Å². The van der Waals surface area contributed by atoms with Crippen LogP contribution in [0.2, 0.25) is 0 Å². The predicted molar refractivity (Wildman–Crippen MR) is 166 cm³/mol. The minimum absolute atomic E-state index is 0.0677. The molecule has 0 saturated carbocycles. The molecule has 21 heteroatoms. The first-order valence-electron chi connectivity index (χ1n) is 14.6. The number of aromatic carboxylic acids is 1. The molecule has 0 aromatic heterocycles. The van der Waals surface area contributed by atoms with Gasteiger partial charge < -0.3 is 43.5 Å². The second-order valence-electron chi connectivity index (χ2n) is 11.4. The second kappa shape index (κ2) is 12.9. The van der Waals surface area contributed by atoms with Crippen LogP contribution in [0.3, 0.4) is 0 Å². The molecule has 3 aromatic rings. The first kappa shape index (κ1) is 36.2. The Bertz CT molecular complexity index is 2030. The van der Waals surface area contributed by atoms with Crippen LogP contribution in [-0.2, 0) is 41.9 Å². The summed E-state index contributed by atoms with van der Waals surface area (Å²) in [4.78, 5) is 55.3. The van der Waals surface area contributed by atoms with E-state index in [9.17, 15) is 48.2 Å². The zero-order valence-electron chi connectivity index (χ0n) is 26.1. The molecule has 1 spiro atoms. The molecule has 0 aliphatic carbocycles. The minimum Gasteiger partial charge on any atom is -0.497 e. The fourth-order valence-corrected chi connectivity index (χ4v) is 9.36. The highest BCUT2D eigenvalue weighted by atomic mass is 31.3. The van der Waals surface area contributed by atoms with Gasteiger partial charge in [-0.25, -0.2) is 23.3 Å². The number of ether oxygens (including phenoxy) is 4. The Morgan fingerprint density at radius 2 is 1.48 bits per heavy atom. The summed E-state index contributed by atoms with van der Waals surface area (Å²) in [6, 6.07) is 11.8. The minimum atomic E-state index is -5.86. The maximum absolute atomic E-state index is 13.1. The van der Waals surface area contributed by atoms with Crippen molar-refractivity contribution in [3.05, 3.63) is 82.4 Å². The molecule has 18 nitrogen and oxygen atoms in total. The topological polar surface area (TPSA) is 260 Å². The van der Waals surface area contributed by atoms with Crippen molar-refractivity contribution in [2.75, 3.05) is 13.7 Å². The zero-order chi connectivity index (χ0) is 36.4. The second-order valence-corrected chi connectivity index (χ2v) is 16.0. The maximum Gasteiger partial charge on any atom is 0.536 e. The van der Waals surface area contributed by atoms with Crippen LogP contribution in [0.4, 0.5) is 0 Å². The first-order valence-corrected chi connectivity index (χ1v) is 19.0. The van der Waals surface area contributed by atoms with Gasteiger partial charge >= 0.3 is 35.4 Å². The van der Waals surface area contributed by atoms with E-state index in [1.54, 1.807) is 26.0 Å². The van der Waals surface area contributed by atoms with Crippen molar-refractivity contribution in [1.82, 2.24) is 0 Å². The van der Waals surface area contributed by atoms with E-state index < -0.39 is 71.7 Å². The summed E-state index contributed by atoms with van der Waals surface area (Å²) in [6.07, 6.45) is -2.58. The number of carboxylic acid groups (broad SMARTS) is 1. The van der Waals surface area contributed by atoms with Gasteiger partial charge in [0, 0.05) is 34.7 Å². The Hall–Kier alpha value is -3.63. The molecule has 5 unspecified atom stereocenters. The van der Waals surface area contributed by atoms with Gasteiger partial charge in [-0.1, -0.05) is 6.92 Å². The Balaban J connectivity index is 1.26. The third-order valence-electron chi connectivity index (χ3n) is 8.32. The van der Waals surface area contributed by atoms with Crippen molar-refractivity contribution in [3.8, 4) is 23.0 Å². The van der Waals surface area contributed by atoms with E-state index in [2.05, 4.69) is 13.1 Å². The summed E-state index contributed by atoms with van der Waals surface area (Å²) < 4.78 is 78.3. The van der Waals surface area contributed by atoms with Crippen LogP contribution in [0, 0.1) is 5.92 Å². The smallest absolute Gasteiger partial charge is 0.497 e. The summed E-state index contributed by atoms with van der Waals surface area (Å²) >= 11 is 0. The van der Waals surface area contributed by atoms with Crippen LogP contribution in [0.5, 0.6) is 23.0 Å². The molecule has 3 aromatic carbocycles. The van der Waals surface area contributed by atoms with Crippen molar-refractivity contribution in [2.45, 2.75) is 37.8 Å². The average Bonchev–Trinajstić information content (AvgIpc) is 3.45. The van der Waals surface area contributed by atoms with Crippen LogP contribution < -0.4 is 14.0 Å².